The monoisotopic (exact) mass is 423 g/mol. The van der Waals surface area contributed by atoms with Crippen LogP contribution in [0.25, 0.3) is 16.8 Å². The summed E-state index contributed by atoms with van der Waals surface area (Å²) in [5.74, 6) is -3.39. The van der Waals surface area contributed by atoms with Gasteiger partial charge in [0.05, 0.1) is 11.6 Å². The molecule has 3 aromatic heterocycles. The molecular formula is C21H19F2N7O. The number of carbonyl (C=O) groups is 1. The molecule has 1 atom stereocenters. The highest BCUT2D eigenvalue weighted by molar-refractivity contribution is 5.90. The zero-order valence-electron chi connectivity index (χ0n) is 16.6. The molecule has 0 saturated heterocycles. The summed E-state index contributed by atoms with van der Waals surface area (Å²) in [6.07, 6.45) is 3.44. The first-order chi connectivity index (χ1) is 14.8. The zero-order chi connectivity index (χ0) is 21.8. The van der Waals surface area contributed by atoms with Gasteiger partial charge in [0.15, 0.2) is 5.65 Å². The Balaban J connectivity index is 1.27. The summed E-state index contributed by atoms with van der Waals surface area (Å²) in [6.45, 7) is 1.88. The van der Waals surface area contributed by atoms with Gasteiger partial charge in [-0.2, -0.15) is 10.1 Å². The van der Waals surface area contributed by atoms with Crippen LogP contribution in [0.4, 0.5) is 20.4 Å². The smallest absolute Gasteiger partial charge is 0.255 e. The van der Waals surface area contributed by atoms with E-state index in [4.69, 9.17) is 5.73 Å². The van der Waals surface area contributed by atoms with Crippen LogP contribution in [0.1, 0.15) is 23.6 Å². The molecule has 3 N–H and O–H groups in total. The molecule has 4 aromatic rings. The molecule has 1 fully saturated rings. The van der Waals surface area contributed by atoms with Crippen LogP contribution in [0.5, 0.6) is 0 Å². The number of pyridine rings is 1. The molecule has 1 aliphatic carbocycles. The van der Waals surface area contributed by atoms with Gasteiger partial charge in [-0.25, -0.2) is 13.3 Å². The molecule has 8 nitrogen and oxygen atoms in total. The van der Waals surface area contributed by atoms with Crippen molar-refractivity contribution in [2.45, 2.75) is 31.7 Å². The van der Waals surface area contributed by atoms with Gasteiger partial charge in [-0.05, 0) is 42.3 Å². The van der Waals surface area contributed by atoms with Crippen molar-refractivity contribution in [1.82, 2.24) is 24.4 Å². The summed E-state index contributed by atoms with van der Waals surface area (Å²) >= 11 is 0. The number of aromatic nitrogens is 5. The Bertz CT molecular complexity index is 1290. The van der Waals surface area contributed by atoms with Crippen molar-refractivity contribution < 1.29 is 13.6 Å². The lowest BCUT2D eigenvalue weighted by Gasteiger charge is -2.07. The van der Waals surface area contributed by atoms with E-state index in [0.29, 0.717) is 16.9 Å². The molecule has 31 heavy (non-hydrogen) atoms. The number of hydrogen-bond donors (Lipinski definition) is 2. The Morgan fingerprint density at radius 1 is 1.26 bits per heavy atom. The van der Waals surface area contributed by atoms with E-state index in [0.717, 1.165) is 16.8 Å². The van der Waals surface area contributed by atoms with Crippen molar-refractivity contribution in [3.63, 3.8) is 0 Å². The third-order valence-corrected chi connectivity index (χ3v) is 5.34. The molecule has 158 valence electrons. The molecule has 1 aromatic carbocycles. The number of amides is 1. The first-order valence-electron chi connectivity index (χ1n) is 9.72. The Kier molecular flexibility index (Phi) is 4.24. The van der Waals surface area contributed by atoms with E-state index in [1.54, 1.807) is 45.9 Å². The number of nitrogen functional groups attached to an aromatic ring is 1. The highest BCUT2D eigenvalue weighted by atomic mass is 19.3. The fourth-order valence-corrected chi connectivity index (χ4v) is 3.67. The van der Waals surface area contributed by atoms with Gasteiger partial charge >= 0.3 is 0 Å². The van der Waals surface area contributed by atoms with Gasteiger partial charge in [0.2, 0.25) is 11.9 Å². The second-order valence-electron chi connectivity index (χ2n) is 7.70. The van der Waals surface area contributed by atoms with Crippen molar-refractivity contribution in [2.24, 2.45) is 0 Å². The summed E-state index contributed by atoms with van der Waals surface area (Å²) in [7, 11) is 0. The van der Waals surface area contributed by atoms with Crippen molar-refractivity contribution in [1.29, 1.82) is 0 Å². The molecule has 0 aliphatic heterocycles. The summed E-state index contributed by atoms with van der Waals surface area (Å²) in [6, 6.07) is 10.3. The number of anilines is 2. The maximum Gasteiger partial charge on any atom is 0.255 e. The number of hydrogen-bond acceptors (Lipinski definition) is 5. The lowest BCUT2D eigenvalue weighted by atomic mass is 10.1. The minimum absolute atomic E-state index is 0.0173. The molecule has 0 bridgehead atoms. The van der Waals surface area contributed by atoms with E-state index < -0.39 is 11.8 Å². The number of fused-ring (bicyclic) bond motifs is 1. The van der Waals surface area contributed by atoms with Crippen LogP contribution >= 0.6 is 0 Å². The molecule has 10 heteroatoms. The van der Waals surface area contributed by atoms with Crippen LogP contribution in [-0.4, -0.2) is 36.2 Å². The van der Waals surface area contributed by atoms with E-state index in [1.165, 1.54) is 0 Å². The lowest BCUT2D eigenvalue weighted by molar-refractivity contribution is -0.116. The SMILES string of the molecule is Cc1nn(CC(=O)Nc2ccc(C3CC3(F)F)cc2)cc1-c1ccn2nc(N)nc2c1. The van der Waals surface area contributed by atoms with E-state index in [1.807, 2.05) is 19.1 Å². The van der Waals surface area contributed by atoms with E-state index in [2.05, 4.69) is 20.5 Å². The topological polar surface area (TPSA) is 103 Å². The molecule has 0 spiro atoms. The number of halogens is 2. The Labute approximate surface area is 175 Å². The van der Waals surface area contributed by atoms with E-state index in [-0.39, 0.29) is 24.8 Å². The Morgan fingerprint density at radius 2 is 2.00 bits per heavy atom. The zero-order valence-corrected chi connectivity index (χ0v) is 16.6. The fourth-order valence-electron chi connectivity index (χ4n) is 3.67. The van der Waals surface area contributed by atoms with Crippen LogP contribution in [0.3, 0.4) is 0 Å². The predicted octanol–water partition coefficient (Wildman–Crippen LogP) is 3.24. The predicted molar refractivity (Wildman–Crippen MR) is 111 cm³/mol. The Hall–Kier alpha value is -3.82. The average molecular weight is 423 g/mol. The normalized spacial score (nSPS) is 17.1. The first-order valence-corrected chi connectivity index (χ1v) is 9.72. The first kappa shape index (κ1) is 19.2. The molecule has 1 unspecified atom stereocenters. The van der Waals surface area contributed by atoms with Crippen molar-refractivity contribution in [3.05, 3.63) is 60.0 Å². The van der Waals surface area contributed by atoms with E-state index >= 15 is 0 Å². The third kappa shape index (κ3) is 3.72. The Morgan fingerprint density at radius 3 is 2.71 bits per heavy atom. The van der Waals surface area contributed by atoms with Gasteiger partial charge in [-0.15, -0.1) is 5.10 Å². The van der Waals surface area contributed by atoms with Crippen LogP contribution in [-0.2, 0) is 11.3 Å². The molecule has 5 rings (SSSR count). The average Bonchev–Trinajstić information content (AvgIpc) is 3.02. The summed E-state index contributed by atoms with van der Waals surface area (Å²) < 4.78 is 29.5. The van der Waals surface area contributed by atoms with Gasteiger partial charge in [0.1, 0.15) is 6.54 Å². The molecule has 1 aliphatic rings. The molecule has 0 radical (unpaired) electrons. The lowest BCUT2D eigenvalue weighted by Crippen LogP contribution is -2.19. The van der Waals surface area contributed by atoms with Gasteiger partial charge < -0.3 is 11.1 Å². The van der Waals surface area contributed by atoms with Gasteiger partial charge in [0, 0.05) is 30.1 Å². The maximum atomic E-state index is 13.2. The second kappa shape index (κ2) is 6.86. The van der Waals surface area contributed by atoms with Crippen LogP contribution < -0.4 is 11.1 Å². The number of alkyl halides is 2. The molecule has 1 saturated carbocycles. The minimum atomic E-state index is -2.61. The van der Waals surface area contributed by atoms with Crippen LogP contribution in [0.2, 0.25) is 0 Å². The van der Waals surface area contributed by atoms with Gasteiger partial charge in [-0.3, -0.25) is 9.48 Å². The van der Waals surface area contributed by atoms with Crippen LogP contribution in [0, 0.1) is 6.92 Å². The number of carbonyl (C=O) groups excluding carboxylic acids is 1. The minimum Gasteiger partial charge on any atom is -0.366 e. The van der Waals surface area contributed by atoms with Crippen molar-refractivity contribution in [3.8, 4) is 11.1 Å². The number of nitrogens with one attached hydrogen (secondary N) is 1. The fraction of sp³-hybridized carbons (Fsp3) is 0.238. The van der Waals surface area contributed by atoms with Crippen molar-refractivity contribution in [2.75, 3.05) is 11.1 Å². The number of nitrogens with zero attached hydrogens (tertiary/aromatic N) is 5. The summed E-state index contributed by atoms with van der Waals surface area (Å²) in [5.41, 5.74) is 9.90. The highest BCUT2D eigenvalue weighted by Gasteiger charge is 2.57. The second-order valence-corrected chi connectivity index (χ2v) is 7.70. The van der Waals surface area contributed by atoms with E-state index in [9.17, 15) is 13.6 Å². The van der Waals surface area contributed by atoms with Gasteiger partial charge in [-0.1, -0.05) is 12.1 Å². The van der Waals surface area contributed by atoms with Gasteiger partial charge in [0.25, 0.3) is 5.92 Å². The molecule has 3 heterocycles. The summed E-state index contributed by atoms with van der Waals surface area (Å²) in [4.78, 5) is 16.6. The van der Waals surface area contributed by atoms with Crippen LogP contribution in [0.15, 0.2) is 48.8 Å². The number of aryl methyl sites for hydroxylation is 1. The number of nitrogens with two attached hydrogens (primary N) is 1. The third-order valence-electron chi connectivity index (χ3n) is 5.34. The molecular weight excluding hydrogens is 404 g/mol. The quantitative estimate of drug-likeness (QED) is 0.513. The molecule has 1 amide bonds. The van der Waals surface area contributed by atoms with Crippen molar-refractivity contribution >= 4 is 23.2 Å². The number of rotatable bonds is 5. The highest BCUT2D eigenvalue weighted by Crippen LogP contribution is 2.55. The largest absolute Gasteiger partial charge is 0.366 e. The summed E-state index contributed by atoms with van der Waals surface area (Å²) in [5, 5.41) is 11.2. The standard InChI is InChI=1S/C21H19F2N7O/c1-12-16(14-6-7-30-18(8-14)26-20(24)28-30)10-29(27-12)11-19(31)25-15-4-2-13(3-5-15)17-9-21(17,22)23/h2-8,10,17H,9,11H2,1H3,(H2,24,28)(H,25,31). The maximum absolute atomic E-state index is 13.2. The number of benzene rings is 1.